The molecule has 0 saturated heterocycles. The summed E-state index contributed by atoms with van der Waals surface area (Å²) in [5.41, 5.74) is 1.86. The van der Waals surface area contributed by atoms with Crippen LogP contribution < -0.4 is 16.1 Å². The van der Waals surface area contributed by atoms with Crippen LogP contribution in [0.5, 0.6) is 5.75 Å². The summed E-state index contributed by atoms with van der Waals surface area (Å²) in [5, 5.41) is 9.27. The highest BCUT2D eigenvalue weighted by atomic mass is 16.5. The molecule has 0 bridgehead atoms. The first kappa shape index (κ1) is 23.3. The number of nitrogens with zero attached hydrogens (tertiary/aromatic N) is 4. The van der Waals surface area contributed by atoms with Gasteiger partial charge in [0.2, 0.25) is 0 Å². The normalized spacial score (nSPS) is 18.7. The third kappa shape index (κ3) is 3.27. The number of hydrogen-bond donors (Lipinski definition) is 0. The number of rotatable bonds is 5. The Morgan fingerprint density at radius 3 is 2.24 bits per heavy atom. The zero-order valence-electron chi connectivity index (χ0n) is 20.9. The van der Waals surface area contributed by atoms with Gasteiger partial charge in [0.05, 0.1) is 17.3 Å². The minimum Gasteiger partial charge on any atom is -0.469 e. The SMILES string of the molecule is CC1=C(C)[C@@](Oc2ccc(C#N)cc2)(c2cc[cH-]c2)n2c(=O)n(-c3ccccc3)c(=O)n2[C@H]1c1cc[cH-]c1. The van der Waals surface area contributed by atoms with Crippen LogP contribution in [0.15, 0.2) is 124 Å². The van der Waals surface area contributed by atoms with Crippen LogP contribution in [0, 0.1) is 11.3 Å². The van der Waals surface area contributed by atoms with Gasteiger partial charge in [-0.25, -0.2) is 31.0 Å². The number of allylic oxidation sites excluding steroid dienone is 1. The van der Waals surface area contributed by atoms with Gasteiger partial charge in [-0.05, 0) is 55.8 Å². The van der Waals surface area contributed by atoms with Gasteiger partial charge in [0.1, 0.15) is 5.75 Å². The molecule has 0 saturated carbocycles. The minimum atomic E-state index is -1.44. The Hall–Kier alpha value is -5.09. The lowest BCUT2D eigenvalue weighted by atomic mass is 9.86. The molecule has 1 aliphatic rings. The molecule has 6 rings (SSSR count). The van der Waals surface area contributed by atoms with E-state index in [9.17, 15) is 14.9 Å². The molecule has 4 aromatic carbocycles. The number of aromatic nitrogens is 3. The van der Waals surface area contributed by atoms with Crippen molar-refractivity contribution in [3.63, 3.8) is 0 Å². The van der Waals surface area contributed by atoms with Gasteiger partial charge in [0.25, 0.3) is 0 Å². The molecule has 2 atom stereocenters. The lowest BCUT2D eigenvalue weighted by Gasteiger charge is -2.47. The van der Waals surface area contributed by atoms with E-state index >= 15 is 0 Å². The molecule has 0 N–H and O–H groups in total. The van der Waals surface area contributed by atoms with E-state index in [1.807, 2.05) is 68.4 Å². The van der Waals surface area contributed by atoms with Crippen molar-refractivity contribution in [3.8, 4) is 17.5 Å². The number of hydrogen-bond acceptors (Lipinski definition) is 4. The Morgan fingerprint density at radius 2 is 1.61 bits per heavy atom. The van der Waals surface area contributed by atoms with Crippen molar-refractivity contribution in [2.24, 2.45) is 0 Å². The predicted molar refractivity (Wildman–Crippen MR) is 144 cm³/mol. The Bertz CT molecular complexity index is 1790. The van der Waals surface area contributed by atoms with Crippen LogP contribution in [0.3, 0.4) is 0 Å². The van der Waals surface area contributed by atoms with Crippen molar-refractivity contribution < 1.29 is 4.74 Å². The average molecular weight is 501 g/mol. The maximum absolute atomic E-state index is 14.4. The lowest BCUT2D eigenvalue weighted by molar-refractivity contribution is 0.0287. The van der Waals surface area contributed by atoms with Gasteiger partial charge < -0.3 is 4.74 Å². The van der Waals surface area contributed by atoms with E-state index in [1.54, 1.807) is 48.5 Å². The van der Waals surface area contributed by atoms with Gasteiger partial charge in [-0.3, -0.25) is 0 Å². The van der Waals surface area contributed by atoms with E-state index in [-0.39, 0.29) is 0 Å². The van der Waals surface area contributed by atoms with Crippen LogP contribution >= 0.6 is 0 Å². The Labute approximate surface area is 219 Å². The number of fused-ring (bicyclic) bond motifs is 1. The van der Waals surface area contributed by atoms with E-state index < -0.39 is 23.1 Å². The molecule has 2 heterocycles. The molecule has 0 amide bonds. The fraction of sp³-hybridized carbons (Fsp3) is 0.129. The highest BCUT2D eigenvalue weighted by Crippen LogP contribution is 2.44. The molecule has 0 radical (unpaired) electrons. The summed E-state index contributed by atoms with van der Waals surface area (Å²) in [6.07, 6.45) is 0. The molecule has 7 heteroatoms. The summed E-state index contributed by atoms with van der Waals surface area (Å²) in [6.45, 7) is 3.93. The first-order valence-electron chi connectivity index (χ1n) is 12.3. The molecule has 38 heavy (non-hydrogen) atoms. The van der Waals surface area contributed by atoms with E-state index in [0.29, 0.717) is 22.6 Å². The van der Waals surface area contributed by atoms with Crippen LogP contribution in [-0.2, 0) is 5.72 Å². The van der Waals surface area contributed by atoms with Gasteiger partial charge in [-0.15, -0.1) is 5.56 Å². The van der Waals surface area contributed by atoms with Gasteiger partial charge in [0.15, 0.2) is 5.72 Å². The van der Waals surface area contributed by atoms with E-state index in [4.69, 9.17) is 4.74 Å². The zero-order chi connectivity index (χ0) is 26.4. The standard InChI is InChI=1S/C31H24N4O3/c1-21-22(2)31(25-12-8-9-13-25,38-27-18-16-23(20-32)17-19-27)35-30(37)33(26-14-4-3-5-15-26)29(36)34(35)28(21)24-10-6-7-11-24/h3-19,28H,1-2H3/q-2/t28-,31-/m1/s1. The minimum absolute atomic E-state index is 0.460. The van der Waals surface area contributed by atoms with Gasteiger partial charge in [-0.1, -0.05) is 23.8 Å². The molecular weight excluding hydrogens is 476 g/mol. The van der Waals surface area contributed by atoms with Crippen LogP contribution in [0.1, 0.15) is 36.6 Å². The van der Waals surface area contributed by atoms with Crippen LogP contribution in [-0.4, -0.2) is 13.9 Å². The molecule has 0 fully saturated rings. The smallest absolute Gasteiger partial charge is 0.355 e. The molecular formula is C31H24N4O3-2. The van der Waals surface area contributed by atoms with E-state index in [0.717, 1.165) is 16.7 Å². The summed E-state index contributed by atoms with van der Waals surface area (Å²) in [4.78, 5) is 28.5. The second-order valence-corrected chi connectivity index (χ2v) is 9.38. The molecule has 0 spiro atoms. The van der Waals surface area contributed by atoms with E-state index in [1.165, 1.54) is 13.9 Å². The predicted octanol–water partition coefficient (Wildman–Crippen LogP) is 4.83. The Morgan fingerprint density at radius 1 is 0.895 bits per heavy atom. The topological polar surface area (TPSA) is 81.9 Å². The Kier molecular flexibility index (Phi) is 5.39. The maximum Gasteiger partial charge on any atom is 0.355 e. The molecule has 1 aliphatic heterocycles. The van der Waals surface area contributed by atoms with Crippen molar-refractivity contribution >= 4 is 0 Å². The summed E-state index contributed by atoms with van der Waals surface area (Å²) in [6, 6.07) is 32.6. The third-order valence-corrected chi connectivity index (χ3v) is 7.35. The molecule has 0 unspecified atom stereocenters. The molecule has 1 aromatic heterocycles. The summed E-state index contributed by atoms with van der Waals surface area (Å²) < 4.78 is 10.9. The Balaban J connectivity index is 1.73. The first-order valence-corrected chi connectivity index (χ1v) is 12.3. The van der Waals surface area contributed by atoms with Crippen molar-refractivity contribution in [1.29, 1.82) is 5.26 Å². The second kappa shape index (κ2) is 8.79. The maximum atomic E-state index is 14.4. The summed E-state index contributed by atoms with van der Waals surface area (Å²) >= 11 is 0. The highest BCUT2D eigenvalue weighted by molar-refractivity contribution is 5.45. The summed E-state index contributed by atoms with van der Waals surface area (Å²) in [7, 11) is 0. The monoisotopic (exact) mass is 500 g/mol. The largest absolute Gasteiger partial charge is 0.469 e. The third-order valence-electron chi connectivity index (χ3n) is 7.35. The number of ether oxygens (including phenoxy) is 1. The fourth-order valence-corrected chi connectivity index (χ4v) is 5.43. The van der Waals surface area contributed by atoms with E-state index in [2.05, 4.69) is 6.07 Å². The quantitative estimate of drug-likeness (QED) is 0.256. The highest BCUT2D eigenvalue weighted by Gasteiger charge is 2.46. The molecule has 188 valence electrons. The van der Waals surface area contributed by atoms with Crippen LogP contribution in [0.25, 0.3) is 5.69 Å². The number of benzene rings is 2. The summed E-state index contributed by atoms with van der Waals surface area (Å²) in [5.74, 6) is 0.461. The molecule has 0 aliphatic carbocycles. The van der Waals surface area contributed by atoms with Crippen molar-refractivity contribution in [2.75, 3.05) is 0 Å². The lowest BCUT2D eigenvalue weighted by Crippen LogP contribution is -2.54. The fourth-order valence-electron chi connectivity index (χ4n) is 5.43. The first-order chi connectivity index (χ1) is 18.5. The van der Waals surface area contributed by atoms with Gasteiger partial charge in [0, 0.05) is 6.04 Å². The van der Waals surface area contributed by atoms with Gasteiger partial charge in [-0.2, -0.15) is 51.9 Å². The van der Waals surface area contributed by atoms with Crippen molar-refractivity contribution in [2.45, 2.75) is 25.6 Å². The number of para-hydroxylation sites is 1. The van der Waals surface area contributed by atoms with Crippen molar-refractivity contribution in [3.05, 3.63) is 152 Å². The average Bonchev–Trinajstić information content (AvgIpc) is 3.71. The van der Waals surface area contributed by atoms with Crippen molar-refractivity contribution in [1.82, 2.24) is 13.9 Å². The van der Waals surface area contributed by atoms with Crippen LogP contribution in [0.2, 0.25) is 0 Å². The van der Waals surface area contributed by atoms with Gasteiger partial charge >= 0.3 is 11.4 Å². The zero-order valence-corrected chi connectivity index (χ0v) is 20.9. The number of nitriles is 1. The van der Waals surface area contributed by atoms with Crippen LogP contribution in [0.4, 0.5) is 0 Å². The molecule has 7 nitrogen and oxygen atoms in total. The molecule has 5 aromatic rings. The second-order valence-electron chi connectivity index (χ2n) is 9.38.